The predicted octanol–water partition coefficient (Wildman–Crippen LogP) is 4.46. The summed E-state index contributed by atoms with van der Waals surface area (Å²) in [5.41, 5.74) is 2.24. The van der Waals surface area contributed by atoms with E-state index in [1.165, 1.54) is 12.1 Å². The Bertz CT molecular complexity index is 588. The first-order valence-corrected chi connectivity index (χ1v) is 5.74. The lowest BCUT2D eigenvalue weighted by Crippen LogP contribution is -1.82. The molecule has 3 heteroatoms. The molecule has 1 nitrogen and oxygen atoms in total. The third-order valence-corrected chi connectivity index (χ3v) is 2.63. The van der Waals surface area contributed by atoms with Crippen LogP contribution in [0.4, 0.5) is 4.39 Å². The van der Waals surface area contributed by atoms with Crippen LogP contribution in [0, 0.1) is 5.82 Å². The van der Waals surface area contributed by atoms with Gasteiger partial charge in [0, 0.05) is 10.6 Å². The Balaban J connectivity index is 2.25. The fourth-order valence-corrected chi connectivity index (χ4v) is 1.82. The summed E-state index contributed by atoms with van der Waals surface area (Å²) in [6, 6.07) is 11.2. The molecule has 0 amide bonds. The molecular weight excluding hydrogens is 251 g/mol. The van der Waals surface area contributed by atoms with E-state index in [-0.39, 0.29) is 5.82 Å². The molecule has 0 aliphatic carbocycles. The average molecular weight is 261 g/mol. The zero-order valence-electron chi connectivity index (χ0n) is 9.44. The van der Waals surface area contributed by atoms with Crippen LogP contribution in [0.25, 0.3) is 12.2 Å². The first-order valence-electron chi connectivity index (χ1n) is 5.37. The van der Waals surface area contributed by atoms with Crippen LogP contribution in [-0.4, -0.2) is 6.29 Å². The third kappa shape index (κ3) is 3.28. The number of hydrogen-bond acceptors (Lipinski definition) is 1. The first kappa shape index (κ1) is 12.5. The van der Waals surface area contributed by atoms with Crippen molar-refractivity contribution < 1.29 is 9.18 Å². The Morgan fingerprint density at radius 3 is 2.17 bits per heavy atom. The number of benzene rings is 2. The van der Waals surface area contributed by atoms with Gasteiger partial charge in [-0.25, -0.2) is 4.39 Å². The lowest BCUT2D eigenvalue weighted by molar-refractivity contribution is 0.112. The molecular formula is C15H10ClFO. The summed E-state index contributed by atoms with van der Waals surface area (Å²) < 4.78 is 12.7. The van der Waals surface area contributed by atoms with Gasteiger partial charge in [0.05, 0.1) is 0 Å². The topological polar surface area (TPSA) is 17.1 Å². The maximum Gasteiger partial charge on any atom is 0.150 e. The van der Waals surface area contributed by atoms with Crippen molar-refractivity contribution in [2.45, 2.75) is 0 Å². The standard InChI is InChI=1S/C15H10ClFO/c16-14-8-12(7-13(9-14)10-18)2-1-11-3-5-15(17)6-4-11/h1-10H/b2-1+. The molecule has 2 aromatic carbocycles. The Hall–Kier alpha value is -1.93. The van der Waals surface area contributed by atoms with Crippen molar-refractivity contribution >= 4 is 30.0 Å². The van der Waals surface area contributed by atoms with Gasteiger partial charge in [0.25, 0.3) is 0 Å². The van der Waals surface area contributed by atoms with Gasteiger partial charge in [0.2, 0.25) is 0 Å². The monoisotopic (exact) mass is 260 g/mol. The summed E-state index contributed by atoms with van der Waals surface area (Å²) >= 11 is 5.89. The molecule has 0 heterocycles. The van der Waals surface area contributed by atoms with Gasteiger partial charge in [-0.3, -0.25) is 4.79 Å². The highest BCUT2D eigenvalue weighted by atomic mass is 35.5. The zero-order valence-corrected chi connectivity index (χ0v) is 10.2. The lowest BCUT2D eigenvalue weighted by Gasteiger charge is -1.98. The Morgan fingerprint density at radius 1 is 0.889 bits per heavy atom. The van der Waals surface area contributed by atoms with E-state index in [9.17, 15) is 9.18 Å². The van der Waals surface area contributed by atoms with Crippen molar-refractivity contribution in [1.29, 1.82) is 0 Å². The summed E-state index contributed by atoms with van der Waals surface area (Å²) in [7, 11) is 0. The number of carbonyl (C=O) groups is 1. The van der Waals surface area contributed by atoms with E-state index in [0.29, 0.717) is 10.6 Å². The van der Waals surface area contributed by atoms with Crippen molar-refractivity contribution in [1.82, 2.24) is 0 Å². The molecule has 0 N–H and O–H groups in total. The molecule has 18 heavy (non-hydrogen) atoms. The van der Waals surface area contributed by atoms with Gasteiger partial charge in [-0.15, -0.1) is 0 Å². The van der Waals surface area contributed by atoms with Crippen molar-refractivity contribution in [2.75, 3.05) is 0 Å². The summed E-state index contributed by atoms with van der Waals surface area (Å²) in [4.78, 5) is 10.7. The van der Waals surface area contributed by atoms with E-state index < -0.39 is 0 Å². The van der Waals surface area contributed by atoms with E-state index in [1.807, 2.05) is 12.2 Å². The van der Waals surface area contributed by atoms with E-state index in [2.05, 4.69) is 0 Å². The maximum absolute atomic E-state index is 12.7. The molecule has 0 radical (unpaired) electrons. The second-order valence-corrected chi connectivity index (χ2v) is 4.26. The van der Waals surface area contributed by atoms with Crippen molar-refractivity contribution in [3.63, 3.8) is 0 Å². The van der Waals surface area contributed by atoms with Gasteiger partial charge in [0.15, 0.2) is 0 Å². The quantitative estimate of drug-likeness (QED) is 0.588. The SMILES string of the molecule is O=Cc1cc(Cl)cc(/C=C/c2ccc(F)cc2)c1. The molecule has 0 saturated heterocycles. The Morgan fingerprint density at radius 2 is 1.50 bits per heavy atom. The fraction of sp³-hybridized carbons (Fsp3) is 0. The number of halogens is 2. The van der Waals surface area contributed by atoms with Gasteiger partial charge in [-0.2, -0.15) is 0 Å². The molecule has 2 rings (SSSR count). The molecule has 0 spiro atoms. The largest absolute Gasteiger partial charge is 0.298 e. The highest BCUT2D eigenvalue weighted by Gasteiger charge is 1.96. The van der Waals surface area contributed by atoms with Crippen LogP contribution >= 0.6 is 11.6 Å². The molecule has 0 unspecified atom stereocenters. The van der Waals surface area contributed by atoms with Crippen molar-refractivity contribution in [2.24, 2.45) is 0 Å². The molecule has 2 aromatic rings. The van der Waals surface area contributed by atoms with Crippen LogP contribution in [0.3, 0.4) is 0 Å². The number of rotatable bonds is 3. The highest BCUT2D eigenvalue weighted by Crippen LogP contribution is 2.16. The molecule has 0 aliphatic heterocycles. The Kier molecular flexibility index (Phi) is 3.90. The number of aldehydes is 1. The second kappa shape index (κ2) is 5.61. The molecule has 0 atom stereocenters. The average Bonchev–Trinajstić information content (AvgIpc) is 2.37. The second-order valence-electron chi connectivity index (χ2n) is 3.82. The number of hydrogen-bond donors (Lipinski definition) is 0. The molecule has 0 aromatic heterocycles. The summed E-state index contributed by atoms with van der Waals surface area (Å²) in [6.07, 6.45) is 4.41. The lowest BCUT2D eigenvalue weighted by atomic mass is 10.1. The zero-order chi connectivity index (χ0) is 13.0. The summed E-state index contributed by atoms with van der Waals surface area (Å²) in [6.45, 7) is 0. The predicted molar refractivity (Wildman–Crippen MR) is 72.2 cm³/mol. The number of carbonyl (C=O) groups excluding carboxylic acids is 1. The summed E-state index contributed by atoms with van der Waals surface area (Å²) in [5, 5.41) is 0.512. The van der Waals surface area contributed by atoms with Crippen LogP contribution in [0.1, 0.15) is 21.5 Å². The maximum atomic E-state index is 12.7. The van der Waals surface area contributed by atoms with Crippen LogP contribution in [0.15, 0.2) is 42.5 Å². The van der Waals surface area contributed by atoms with Gasteiger partial charge in [-0.05, 0) is 41.5 Å². The summed E-state index contributed by atoms with van der Waals surface area (Å²) in [5.74, 6) is -0.266. The minimum Gasteiger partial charge on any atom is -0.298 e. The molecule has 0 fully saturated rings. The smallest absolute Gasteiger partial charge is 0.150 e. The fourth-order valence-electron chi connectivity index (χ4n) is 1.57. The minimum absolute atomic E-state index is 0.266. The normalized spacial score (nSPS) is 10.8. The van der Waals surface area contributed by atoms with Gasteiger partial charge in [0.1, 0.15) is 12.1 Å². The van der Waals surface area contributed by atoms with Gasteiger partial charge in [-0.1, -0.05) is 35.9 Å². The van der Waals surface area contributed by atoms with Crippen molar-refractivity contribution in [3.05, 3.63) is 70.0 Å². The third-order valence-electron chi connectivity index (χ3n) is 2.42. The minimum atomic E-state index is -0.266. The highest BCUT2D eigenvalue weighted by molar-refractivity contribution is 6.31. The van der Waals surface area contributed by atoms with Crippen LogP contribution in [0.5, 0.6) is 0 Å². The van der Waals surface area contributed by atoms with Crippen LogP contribution < -0.4 is 0 Å². The van der Waals surface area contributed by atoms with Crippen LogP contribution in [0.2, 0.25) is 5.02 Å². The molecule has 0 saturated carbocycles. The van der Waals surface area contributed by atoms with E-state index in [0.717, 1.165) is 17.4 Å². The van der Waals surface area contributed by atoms with E-state index in [1.54, 1.807) is 30.3 Å². The van der Waals surface area contributed by atoms with E-state index >= 15 is 0 Å². The van der Waals surface area contributed by atoms with Gasteiger partial charge >= 0.3 is 0 Å². The Labute approximate surface area is 110 Å². The van der Waals surface area contributed by atoms with Gasteiger partial charge < -0.3 is 0 Å². The molecule has 0 aliphatic rings. The van der Waals surface area contributed by atoms with Crippen LogP contribution in [-0.2, 0) is 0 Å². The molecule has 90 valence electrons. The van der Waals surface area contributed by atoms with Crippen molar-refractivity contribution in [3.8, 4) is 0 Å². The first-order chi connectivity index (χ1) is 8.67. The van der Waals surface area contributed by atoms with E-state index in [4.69, 9.17) is 11.6 Å². The molecule has 0 bridgehead atoms.